The standard InChI is InChI=1S/C38H62O2/c1-14-15-16-17-18-19-20-21-28(26-22-29(35(2,3)4)33(39)30(23-26)36(5,6)7)27-24-31(37(8,9)10)34(40)32(25-27)38(11,12)13/h22-25,28,39-40H,14-21H2,1-13H3. The highest BCUT2D eigenvalue weighted by Gasteiger charge is 2.31. The smallest absolute Gasteiger partial charge is 0.123 e. The average Bonchev–Trinajstić information content (AvgIpc) is 2.78. The van der Waals surface area contributed by atoms with Gasteiger partial charge < -0.3 is 10.2 Å². The summed E-state index contributed by atoms with van der Waals surface area (Å²) in [6.45, 7) is 28.6. The first kappa shape index (κ1) is 34.2. The lowest BCUT2D eigenvalue weighted by atomic mass is 9.73. The highest BCUT2D eigenvalue weighted by molar-refractivity contribution is 5.55. The summed E-state index contributed by atoms with van der Waals surface area (Å²) in [5, 5.41) is 22.9. The molecule has 0 aromatic heterocycles. The van der Waals surface area contributed by atoms with Crippen LogP contribution in [-0.4, -0.2) is 10.2 Å². The van der Waals surface area contributed by atoms with E-state index in [0.717, 1.165) is 28.7 Å². The molecule has 0 fully saturated rings. The third kappa shape index (κ3) is 8.77. The molecule has 0 spiro atoms. The van der Waals surface area contributed by atoms with E-state index in [4.69, 9.17) is 0 Å². The molecule has 2 nitrogen and oxygen atoms in total. The molecule has 0 atom stereocenters. The number of rotatable bonds is 10. The molecule has 0 saturated heterocycles. The molecule has 0 heterocycles. The first-order valence-electron chi connectivity index (χ1n) is 15.9. The van der Waals surface area contributed by atoms with Gasteiger partial charge in [0, 0.05) is 5.92 Å². The maximum Gasteiger partial charge on any atom is 0.123 e. The van der Waals surface area contributed by atoms with Crippen molar-refractivity contribution in [2.24, 2.45) is 0 Å². The summed E-state index contributed by atoms with van der Waals surface area (Å²) in [7, 11) is 0. The van der Waals surface area contributed by atoms with Crippen molar-refractivity contribution in [2.45, 2.75) is 169 Å². The van der Waals surface area contributed by atoms with Crippen molar-refractivity contribution < 1.29 is 10.2 Å². The van der Waals surface area contributed by atoms with E-state index in [2.05, 4.69) is 114 Å². The molecule has 2 rings (SSSR count). The van der Waals surface area contributed by atoms with Gasteiger partial charge in [0.25, 0.3) is 0 Å². The highest BCUT2D eigenvalue weighted by atomic mass is 16.3. The van der Waals surface area contributed by atoms with Crippen LogP contribution < -0.4 is 0 Å². The van der Waals surface area contributed by atoms with Gasteiger partial charge in [0.2, 0.25) is 0 Å². The van der Waals surface area contributed by atoms with Crippen molar-refractivity contribution in [1.29, 1.82) is 0 Å². The van der Waals surface area contributed by atoms with E-state index in [1.54, 1.807) is 0 Å². The minimum atomic E-state index is -0.175. The minimum absolute atomic E-state index is 0.175. The van der Waals surface area contributed by atoms with E-state index in [1.807, 2.05) is 0 Å². The van der Waals surface area contributed by atoms with Crippen molar-refractivity contribution in [2.75, 3.05) is 0 Å². The van der Waals surface area contributed by atoms with E-state index >= 15 is 0 Å². The van der Waals surface area contributed by atoms with Crippen LogP contribution in [0.4, 0.5) is 0 Å². The zero-order chi connectivity index (χ0) is 30.7. The Labute approximate surface area is 248 Å². The Morgan fingerprint density at radius 2 is 0.750 bits per heavy atom. The van der Waals surface area contributed by atoms with Gasteiger partial charge in [-0.05, 0) is 61.5 Å². The Hall–Kier alpha value is -1.96. The Bertz CT molecular complexity index is 959. The number of phenolic OH excluding ortho intramolecular Hbond substituents is 2. The van der Waals surface area contributed by atoms with Crippen LogP contribution >= 0.6 is 0 Å². The van der Waals surface area contributed by atoms with Gasteiger partial charge in [0.15, 0.2) is 0 Å². The van der Waals surface area contributed by atoms with Crippen LogP contribution in [0.2, 0.25) is 0 Å². The maximum absolute atomic E-state index is 11.5. The van der Waals surface area contributed by atoms with Crippen molar-refractivity contribution in [3.63, 3.8) is 0 Å². The monoisotopic (exact) mass is 550 g/mol. The van der Waals surface area contributed by atoms with E-state index in [1.165, 1.54) is 56.1 Å². The summed E-state index contributed by atoms with van der Waals surface area (Å²) in [6.07, 6.45) is 10.0. The molecular weight excluding hydrogens is 488 g/mol. The number of aromatic hydroxyl groups is 2. The number of benzene rings is 2. The van der Waals surface area contributed by atoms with E-state index < -0.39 is 0 Å². The third-order valence-electron chi connectivity index (χ3n) is 8.40. The molecule has 2 aromatic rings. The second kappa shape index (κ2) is 12.9. The summed E-state index contributed by atoms with van der Waals surface area (Å²) in [5.41, 5.74) is 5.94. The fourth-order valence-corrected chi connectivity index (χ4v) is 5.83. The van der Waals surface area contributed by atoms with Crippen LogP contribution in [0.3, 0.4) is 0 Å². The maximum atomic E-state index is 11.5. The lowest BCUT2D eigenvalue weighted by Crippen LogP contribution is -2.20. The topological polar surface area (TPSA) is 40.5 Å². The first-order chi connectivity index (χ1) is 18.2. The van der Waals surface area contributed by atoms with Crippen molar-refractivity contribution in [1.82, 2.24) is 0 Å². The molecule has 226 valence electrons. The Morgan fingerprint density at radius 1 is 0.475 bits per heavy atom. The van der Waals surface area contributed by atoms with Crippen LogP contribution in [0.5, 0.6) is 11.5 Å². The van der Waals surface area contributed by atoms with Crippen molar-refractivity contribution in [3.8, 4) is 11.5 Å². The molecule has 2 heteroatoms. The highest BCUT2D eigenvalue weighted by Crippen LogP contribution is 2.46. The molecule has 40 heavy (non-hydrogen) atoms. The fourth-order valence-electron chi connectivity index (χ4n) is 5.83. The van der Waals surface area contributed by atoms with Gasteiger partial charge in [-0.25, -0.2) is 0 Å². The molecule has 0 bridgehead atoms. The number of phenols is 2. The van der Waals surface area contributed by atoms with Gasteiger partial charge in [-0.1, -0.05) is 159 Å². The van der Waals surface area contributed by atoms with Gasteiger partial charge >= 0.3 is 0 Å². The van der Waals surface area contributed by atoms with Gasteiger partial charge in [0.05, 0.1) is 0 Å². The summed E-state index contributed by atoms with van der Waals surface area (Å²) in [5.74, 6) is 1.08. The predicted molar refractivity (Wildman–Crippen MR) is 175 cm³/mol. The molecule has 0 unspecified atom stereocenters. The van der Waals surface area contributed by atoms with Gasteiger partial charge in [0.1, 0.15) is 11.5 Å². The second-order valence-electron chi connectivity index (χ2n) is 16.4. The van der Waals surface area contributed by atoms with Gasteiger partial charge in [-0.2, -0.15) is 0 Å². The summed E-state index contributed by atoms with van der Waals surface area (Å²) < 4.78 is 0. The SMILES string of the molecule is CCCCCCCCCC(c1cc(C(C)(C)C)c(O)c(C(C)(C)C)c1)c1cc(C(C)(C)C)c(O)c(C(C)(C)C)c1. The molecule has 0 amide bonds. The Balaban J connectivity index is 2.77. The normalized spacial score (nSPS) is 13.3. The van der Waals surface area contributed by atoms with Gasteiger partial charge in [-0.3, -0.25) is 0 Å². The zero-order valence-electron chi connectivity index (χ0n) is 28.4. The second-order valence-corrected chi connectivity index (χ2v) is 16.4. The van der Waals surface area contributed by atoms with Gasteiger partial charge in [-0.15, -0.1) is 0 Å². The van der Waals surface area contributed by atoms with Crippen LogP contribution in [0.1, 0.15) is 181 Å². The predicted octanol–water partition coefficient (Wildman–Crippen LogP) is 11.6. The zero-order valence-corrected chi connectivity index (χ0v) is 28.4. The number of unbranched alkanes of at least 4 members (excludes halogenated alkanes) is 6. The molecule has 0 radical (unpaired) electrons. The van der Waals surface area contributed by atoms with Crippen molar-refractivity contribution in [3.05, 3.63) is 57.6 Å². The van der Waals surface area contributed by atoms with E-state index in [0.29, 0.717) is 11.5 Å². The van der Waals surface area contributed by atoms with Crippen molar-refractivity contribution >= 4 is 0 Å². The number of hydrogen-bond donors (Lipinski definition) is 2. The molecular formula is C38H62O2. The Kier molecular flexibility index (Phi) is 11.1. The average molecular weight is 551 g/mol. The largest absolute Gasteiger partial charge is 0.507 e. The van der Waals surface area contributed by atoms with Crippen LogP contribution in [-0.2, 0) is 21.7 Å². The summed E-state index contributed by atoms with van der Waals surface area (Å²) >= 11 is 0. The molecule has 2 aromatic carbocycles. The minimum Gasteiger partial charge on any atom is -0.507 e. The first-order valence-corrected chi connectivity index (χ1v) is 15.9. The molecule has 0 aliphatic carbocycles. The van der Waals surface area contributed by atoms with Crippen LogP contribution in [0.15, 0.2) is 24.3 Å². The molecule has 0 aliphatic heterocycles. The third-order valence-corrected chi connectivity index (χ3v) is 8.40. The fraction of sp³-hybridized carbons (Fsp3) is 0.684. The Morgan fingerprint density at radius 3 is 1.02 bits per heavy atom. The van der Waals surface area contributed by atoms with E-state index in [-0.39, 0.29) is 27.6 Å². The molecule has 2 N–H and O–H groups in total. The lowest BCUT2D eigenvalue weighted by Gasteiger charge is -2.32. The molecule has 0 aliphatic rings. The summed E-state index contributed by atoms with van der Waals surface area (Å²) in [4.78, 5) is 0. The molecule has 0 saturated carbocycles. The summed E-state index contributed by atoms with van der Waals surface area (Å²) in [6, 6.07) is 9.10. The van der Waals surface area contributed by atoms with Crippen LogP contribution in [0, 0.1) is 0 Å². The lowest BCUT2D eigenvalue weighted by molar-refractivity contribution is 0.421. The van der Waals surface area contributed by atoms with E-state index in [9.17, 15) is 10.2 Å². The quantitative estimate of drug-likeness (QED) is 0.289. The number of hydrogen-bond acceptors (Lipinski definition) is 2. The van der Waals surface area contributed by atoms with Crippen LogP contribution in [0.25, 0.3) is 0 Å².